The van der Waals surface area contributed by atoms with Crippen LogP contribution in [0.4, 0.5) is 13.2 Å². The molecule has 1 saturated heterocycles. The topological polar surface area (TPSA) is 88.3 Å². The van der Waals surface area contributed by atoms with E-state index in [2.05, 4.69) is 10.1 Å². The van der Waals surface area contributed by atoms with Gasteiger partial charge in [0.2, 0.25) is 0 Å². The minimum absolute atomic E-state index is 0.0348. The zero-order valence-corrected chi connectivity index (χ0v) is 15.7. The lowest BCUT2D eigenvalue weighted by Gasteiger charge is -2.19. The highest BCUT2D eigenvalue weighted by Gasteiger charge is 2.53. The van der Waals surface area contributed by atoms with E-state index >= 15 is 0 Å². The summed E-state index contributed by atoms with van der Waals surface area (Å²) in [5, 5.41) is 13.9. The predicted octanol–water partition coefficient (Wildman–Crippen LogP) is 3.05. The van der Waals surface area contributed by atoms with Crippen LogP contribution in [0.15, 0.2) is 12.3 Å². The molecule has 0 saturated carbocycles. The van der Waals surface area contributed by atoms with E-state index in [1.807, 2.05) is 13.8 Å². The third kappa shape index (κ3) is 3.43. The summed E-state index contributed by atoms with van der Waals surface area (Å²) < 4.78 is 41.4. The molecule has 10 heteroatoms. The van der Waals surface area contributed by atoms with Gasteiger partial charge in [0, 0.05) is 18.8 Å². The number of carbonyl (C=O) groups excluding carboxylic acids is 1. The Morgan fingerprint density at radius 3 is 2.57 bits per heavy atom. The van der Waals surface area contributed by atoms with E-state index in [0.29, 0.717) is 16.7 Å². The number of rotatable bonds is 4. The zero-order chi connectivity index (χ0) is 20.8. The summed E-state index contributed by atoms with van der Waals surface area (Å²) in [6.07, 6.45) is -2.43. The number of halogens is 3. The van der Waals surface area contributed by atoms with E-state index < -0.39 is 43.0 Å². The fourth-order valence-corrected chi connectivity index (χ4v) is 3.54. The van der Waals surface area contributed by atoms with Crippen molar-refractivity contribution in [3.05, 3.63) is 23.5 Å². The Kier molecular flexibility index (Phi) is 5.07. The monoisotopic (exact) mass is 398 g/mol. The van der Waals surface area contributed by atoms with Crippen molar-refractivity contribution in [2.75, 3.05) is 13.1 Å². The van der Waals surface area contributed by atoms with E-state index in [1.165, 1.54) is 12.3 Å². The third-order valence-electron chi connectivity index (χ3n) is 5.28. The molecule has 0 bridgehead atoms. The van der Waals surface area contributed by atoms with Crippen molar-refractivity contribution in [1.29, 1.82) is 0 Å². The number of amides is 1. The molecule has 1 aliphatic rings. The fourth-order valence-electron chi connectivity index (χ4n) is 3.54. The highest BCUT2D eigenvalue weighted by atomic mass is 19.4. The number of carbonyl (C=O) groups is 2. The number of fused-ring (bicyclic) bond motifs is 1. The molecule has 3 rings (SSSR count). The summed E-state index contributed by atoms with van der Waals surface area (Å²) in [5.41, 5.74) is 1.20. The lowest BCUT2D eigenvalue weighted by Crippen LogP contribution is -2.34. The van der Waals surface area contributed by atoms with Gasteiger partial charge in [-0.3, -0.25) is 9.59 Å². The molecule has 3 heterocycles. The van der Waals surface area contributed by atoms with E-state index in [0.717, 1.165) is 11.3 Å². The summed E-state index contributed by atoms with van der Waals surface area (Å²) in [5.74, 6) is -5.96. The minimum Gasteiger partial charge on any atom is -0.481 e. The fraction of sp³-hybridized carbons (Fsp3) is 0.556. The Morgan fingerprint density at radius 2 is 2.04 bits per heavy atom. The van der Waals surface area contributed by atoms with Gasteiger partial charge in [0.05, 0.1) is 35.0 Å². The first-order chi connectivity index (χ1) is 13.0. The van der Waals surface area contributed by atoms with Crippen LogP contribution in [0.25, 0.3) is 11.0 Å². The van der Waals surface area contributed by atoms with Crippen LogP contribution < -0.4 is 0 Å². The van der Waals surface area contributed by atoms with Crippen molar-refractivity contribution in [1.82, 2.24) is 19.7 Å². The number of carboxylic acids is 1. The summed E-state index contributed by atoms with van der Waals surface area (Å²) in [6.45, 7) is 4.45. The van der Waals surface area contributed by atoms with Crippen molar-refractivity contribution in [3.8, 4) is 0 Å². The first kappa shape index (κ1) is 20.1. The number of likely N-dealkylation sites (tertiary alicyclic amines) is 1. The summed E-state index contributed by atoms with van der Waals surface area (Å²) in [6, 6.07) is 1.54. The quantitative estimate of drug-likeness (QED) is 0.855. The Labute approximate surface area is 159 Å². The number of alkyl halides is 3. The molecule has 2 aromatic rings. The number of aryl methyl sites for hydroxylation is 1. The number of aliphatic carboxylic acids is 1. The molecule has 0 aromatic carbocycles. The zero-order valence-electron chi connectivity index (χ0n) is 15.7. The molecule has 7 nitrogen and oxygen atoms in total. The number of hydrogen-bond acceptors (Lipinski definition) is 4. The van der Waals surface area contributed by atoms with Gasteiger partial charge in [-0.05, 0) is 26.3 Å². The van der Waals surface area contributed by atoms with Gasteiger partial charge in [0.25, 0.3) is 5.91 Å². The number of nitrogens with zero attached hydrogens (tertiary/aromatic N) is 4. The standard InChI is InChI=1S/C18H21F3N4O3/c1-4-10(3)25-15-12(6-22-25)11(5-9(2)23-15)16(26)24-7-13(17(27)28)14(8-24)18(19,20)21/h5-6,10,13-14H,4,7-8H2,1-3H3,(H,27,28)/t10?,13-,14-/m1/s1. The molecule has 0 spiro atoms. The Balaban J connectivity index is 2.00. The van der Waals surface area contributed by atoms with Crippen LogP contribution in [0.1, 0.15) is 42.4 Å². The number of pyridine rings is 1. The van der Waals surface area contributed by atoms with Crippen molar-refractivity contribution < 1.29 is 27.9 Å². The lowest BCUT2D eigenvalue weighted by atomic mass is 9.96. The van der Waals surface area contributed by atoms with Crippen LogP contribution in [-0.4, -0.2) is 55.9 Å². The van der Waals surface area contributed by atoms with Crippen LogP contribution in [-0.2, 0) is 4.79 Å². The second-order valence-electron chi connectivity index (χ2n) is 7.20. The molecule has 1 fully saturated rings. The summed E-state index contributed by atoms with van der Waals surface area (Å²) >= 11 is 0. The van der Waals surface area contributed by atoms with Gasteiger partial charge < -0.3 is 10.0 Å². The summed E-state index contributed by atoms with van der Waals surface area (Å²) in [4.78, 5) is 29.7. The second kappa shape index (κ2) is 7.06. The maximum absolute atomic E-state index is 13.2. The highest BCUT2D eigenvalue weighted by molar-refractivity contribution is 6.05. The molecule has 1 unspecified atom stereocenters. The van der Waals surface area contributed by atoms with Crippen LogP contribution in [0.5, 0.6) is 0 Å². The molecule has 1 N–H and O–H groups in total. The van der Waals surface area contributed by atoms with Crippen LogP contribution in [0, 0.1) is 18.8 Å². The molecule has 1 aliphatic heterocycles. The van der Waals surface area contributed by atoms with E-state index in [1.54, 1.807) is 11.6 Å². The molecule has 1 amide bonds. The molecular weight excluding hydrogens is 377 g/mol. The largest absolute Gasteiger partial charge is 0.481 e. The third-order valence-corrected chi connectivity index (χ3v) is 5.28. The van der Waals surface area contributed by atoms with Gasteiger partial charge in [-0.15, -0.1) is 0 Å². The van der Waals surface area contributed by atoms with Gasteiger partial charge in [-0.2, -0.15) is 18.3 Å². The van der Waals surface area contributed by atoms with Crippen molar-refractivity contribution >= 4 is 22.9 Å². The van der Waals surface area contributed by atoms with E-state index in [4.69, 9.17) is 5.11 Å². The van der Waals surface area contributed by atoms with Crippen molar-refractivity contribution in [3.63, 3.8) is 0 Å². The average Bonchev–Trinajstić information content (AvgIpc) is 3.24. The predicted molar refractivity (Wildman–Crippen MR) is 93.8 cm³/mol. The van der Waals surface area contributed by atoms with Crippen LogP contribution in [0.3, 0.4) is 0 Å². The molecule has 0 radical (unpaired) electrons. The number of carboxylic acid groups (broad SMARTS) is 1. The van der Waals surface area contributed by atoms with Gasteiger partial charge >= 0.3 is 12.1 Å². The highest BCUT2D eigenvalue weighted by Crippen LogP contribution is 2.38. The first-order valence-corrected chi connectivity index (χ1v) is 8.98. The van der Waals surface area contributed by atoms with Crippen LogP contribution >= 0.6 is 0 Å². The number of aromatic nitrogens is 3. The Hall–Kier alpha value is -2.65. The molecular formula is C18H21F3N4O3. The number of hydrogen-bond donors (Lipinski definition) is 1. The molecule has 2 aromatic heterocycles. The lowest BCUT2D eigenvalue weighted by molar-refractivity contribution is -0.187. The first-order valence-electron chi connectivity index (χ1n) is 8.98. The van der Waals surface area contributed by atoms with Crippen molar-refractivity contribution in [2.45, 2.75) is 39.4 Å². The van der Waals surface area contributed by atoms with Crippen LogP contribution in [0.2, 0.25) is 0 Å². The van der Waals surface area contributed by atoms with Gasteiger partial charge in [-0.25, -0.2) is 9.67 Å². The Morgan fingerprint density at radius 1 is 1.36 bits per heavy atom. The molecule has 28 heavy (non-hydrogen) atoms. The minimum atomic E-state index is -4.69. The molecule has 152 valence electrons. The second-order valence-corrected chi connectivity index (χ2v) is 7.20. The van der Waals surface area contributed by atoms with E-state index in [9.17, 15) is 22.8 Å². The van der Waals surface area contributed by atoms with Gasteiger partial charge in [-0.1, -0.05) is 6.92 Å². The maximum atomic E-state index is 13.2. The van der Waals surface area contributed by atoms with Gasteiger partial charge in [0.15, 0.2) is 5.65 Å². The smallest absolute Gasteiger partial charge is 0.394 e. The van der Waals surface area contributed by atoms with Gasteiger partial charge in [0.1, 0.15) is 0 Å². The normalized spacial score (nSPS) is 21.3. The SMILES string of the molecule is CCC(C)n1ncc2c(C(=O)N3C[C@@H](C(F)(F)F)[C@H](C(=O)O)C3)cc(C)nc21. The van der Waals surface area contributed by atoms with E-state index in [-0.39, 0.29) is 11.6 Å². The molecule has 0 aliphatic carbocycles. The average molecular weight is 398 g/mol. The molecule has 3 atom stereocenters. The maximum Gasteiger partial charge on any atom is 0.394 e. The Bertz CT molecular complexity index is 925. The van der Waals surface area contributed by atoms with Crippen molar-refractivity contribution in [2.24, 2.45) is 11.8 Å². The summed E-state index contributed by atoms with van der Waals surface area (Å²) in [7, 11) is 0.